The second-order valence-corrected chi connectivity index (χ2v) is 21.0. The van der Waals surface area contributed by atoms with Gasteiger partial charge in [0.05, 0.1) is 0 Å². The Morgan fingerprint density at radius 1 is 0.442 bits per heavy atom. The molecule has 4 atom stereocenters. The fourth-order valence-corrected chi connectivity index (χ4v) is 16.8. The summed E-state index contributed by atoms with van der Waals surface area (Å²) in [5, 5.41) is 20.8. The summed E-state index contributed by atoms with van der Waals surface area (Å²) in [6, 6.07) is 11.0. The normalized spacial score (nSPS) is 41.3. The zero-order valence-electron chi connectivity index (χ0n) is 33.1. The highest BCUT2D eigenvalue weighted by Gasteiger charge is 2.78. The van der Waals surface area contributed by atoms with Crippen LogP contribution in [-0.2, 0) is 10.8 Å². The highest BCUT2D eigenvalue weighted by Crippen LogP contribution is 2.87. The first-order valence-corrected chi connectivity index (χ1v) is 21.8. The van der Waals surface area contributed by atoms with Crippen molar-refractivity contribution in [1.82, 2.24) is 0 Å². The summed E-state index contributed by atoms with van der Waals surface area (Å²) in [6.45, 7) is 9.40. The molecule has 4 unspecified atom stereocenters. The van der Waals surface area contributed by atoms with E-state index in [9.17, 15) is 10.2 Å². The van der Waals surface area contributed by atoms with Crippen LogP contribution < -0.4 is 0 Å². The summed E-state index contributed by atoms with van der Waals surface area (Å²) in [5.41, 5.74) is 3.43. The van der Waals surface area contributed by atoms with Crippen LogP contribution in [0.2, 0.25) is 0 Å². The number of hydrogen-bond donors (Lipinski definition) is 2. The molecule has 0 heterocycles. The molecule has 8 aliphatic rings. The molecule has 2 aromatic rings. The van der Waals surface area contributed by atoms with Gasteiger partial charge in [0, 0.05) is 0 Å². The molecule has 8 fully saturated rings. The van der Waals surface area contributed by atoms with Crippen molar-refractivity contribution < 1.29 is 19.0 Å². The van der Waals surface area contributed by atoms with Crippen LogP contribution in [0.25, 0.3) is 0 Å². The van der Waals surface area contributed by atoms with E-state index in [1.54, 1.807) is 24.3 Å². The molecule has 0 radical (unpaired) electrons. The van der Waals surface area contributed by atoms with Crippen molar-refractivity contribution in [3.8, 4) is 11.5 Å². The van der Waals surface area contributed by atoms with Crippen molar-refractivity contribution in [2.45, 2.75) is 193 Å². The predicted octanol–water partition coefficient (Wildman–Crippen LogP) is 14.0. The standard InChI is InChI=1S/C48H68F2O2/c1-5-9-17-41-23-42(18-10-6-2)26-45(25-41,35-13-15-39(51)37(49)21-35)33-47(29-41,30-42)48-31-43(19-11-7-3)24-44(32-48,20-12-8-4)28-46(27-43,34-48)36-14-16-40(52)38(50)22-36/h13-16,21-22,51-52H,5-12,17-20,23-34H2,1-4H3. The minimum atomic E-state index is -0.465. The second kappa shape index (κ2) is 12.7. The molecule has 0 saturated heterocycles. The lowest BCUT2D eigenvalue weighted by molar-refractivity contribution is -0.288. The van der Waals surface area contributed by atoms with Gasteiger partial charge in [0.15, 0.2) is 23.1 Å². The Labute approximate surface area is 314 Å². The highest BCUT2D eigenvalue weighted by molar-refractivity contribution is 5.42. The number of phenols is 2. The molecule has 0 spiro atoms. The van der Waals surface area contributed by atoms with Crippen LogP contribution in [0.1, 0.15) is 193 Å². The van der Waals surface area contributed by atoms with E-state index in [1.165, 1.54) is 116 Å². The third-order valence-corrected chi connectivity index (χ3v) is 17.0. The molecule has 8 aliphatic carbocycles. The quantitative estimate of drug-likeness (QED) is 0.193. The van der Waals surface area contributed by atoms with Crippen molar-refractivity contribution in [3.05, 3.63) is 59.2 Å². The van der Waals surface area contributed by atoms with Gasteiger partial charge in [0.25, 0.3) is 0 Å². The Bertz CT molecular complexity index is 1490. The molecular weight excluding hydrogens is 647 g/mol. The first-order chi connectivity index (χ1) is 24.8. The monoisotopic (exact) mass is 715 g/mol. The minimum Gasteiger partial charge on any atom is -0.505 e. The highest BCUT2D eigenvalue weighted by atomic mass is 19.1. The molecule has 52 heavy (non-hydrogen) atoms. The average molecular weight is 715 g/mol. The number of unbranched alkanes of at least 4 members (excludes halogenated alkanes) is 4. The van der Waals surface area contributed by atoms with E-state index < -0.39 is 11.6 Å². The molecule has 8 saturated carbocycles. The molecule has 0 aliphatic heterocycles. The van der Waals surface area contributed by atoms with Crippen molar-refractivity contribution >= 4 is 0 Å². The van der Waals surface area contributed by atoms with Crippen LogP contribution in [0.5, 0.6) is 11.5 Å². The van der Waals surface area contributed by atoms with Crippen LogP contribution >= 0.6 is 0 Å². The van der Waals surface area contributed by atoms with Gasteiger partial charge >= 0.3 is 0 Å². The van der Waals surface area contributed by atoms with Crippen molar-refractivity contribution in [2.75, 3.05) is 0 Å². The fraction of sp³-hybridized carbons (Fsp3) is 0.750. The lowest BCUT2D eigenvalue weighted by Gasteiger charge is -2.81. The van der Waals surface area contributed by atoms with Gasteiger partial charge in [-0.3, -0.25) is 0 Å². The third kappa shape index (κ3) is 5.62. The Kier molecular flexibility index (Phi) is 9.02. The minimum absolute atomic E-state index is 0.0842. The first kappa shape index (κ1) is 36.9. The topological polar surface area (TPSA) is 40.5 Å². The maximum atomic E-state index is 15.5. The largest absolute Gasteiger partial charge is 0.505 e. The molecule has 2 aromatic carbocycles. The average Bonchev–Trinajstić information content (AvgIpc) is 3.09. The molecular formula is C48H68F2O2. The maximum Gasteiger partial charge on any atom is 0.165 e. The molecule has 0 aromatic heterocycles. The van der Waals surface area contributed by atoms with E-state index in [2.05, 4.69) is 39.8 Å². The van der Waals surface area contributed by atoms with Crippen LogP contribution in [0.15, 0.2) is 36.4 Å². The lowest BCUT2D eigenvalue weighted by Crippen LogP contribution is -2.72. The van der Waals surface area contributed by atoms with Gasteiger partial charge in [0.1, 0.15) is 0 Å². The van der Waals surface area contributed by atoms with E-state index >= 15 is 8.78 Å². The van der Waals surface area contributed by atoms with Crippen LogP contribution in [0.4, 0.5) is 8.78 Å². The molecule has 2 nitrogen and oxygen atoms in total. The van der Waals surface area contributed by atoms with Gasteiger partial charge in [-0.1, -0.05) is 91.2 Å². The Morgan fingerprint density at radius 2 is 0.750 bits per heavy atom. The second-order valence-electron chi connectivity index (χ2n) is 21.0. The summed E-state index contributed by atoms with van der Waals surface area (Å²) >= 11 is 0. The van der Waals surface area contributed by atoms with E-state index in [-0.39, 0.29) is 54.8 Å². The molecule has 2 N–H and O–H groups in total. The Hall–Kier alpha value is -2.10. The van der Waals surface area contributed by atoms with Gasteiger partial charge in [-0.05, 0) is 181 Å². The predicted molar refractivity (Wildman–Crippen MR) is 208 cm³/mol. The van der Waals surface area contributed by atoms with E-state index in [4.69, 9.17) is 0 Å². The maximum absolute atomic E-state index is 15.5. The summed E-state index contributed by atoms with van der Waals surface area (Å²) < 4.78 is 31.0. The fourth-order valence-electron chi connectivity index (χ4n) is 16.8. The van der Waals surface area contributed by atoms with E-state index in [0.717, 1.165) is 49.7 Å². The number of benzene rings is 2. The zero-order chi connectivity index (χ0) is 36.7. The number of hydrogen-bond acceptors (Lipinski definition) is 2. The van der Waals surface area contributed by atoms with E-state index in [1.807, 2.05) is 0 Å². The van der Waals surface area contributed by atoms with Gasteiger partial charge in [0.2, 0.25) is 0 Å². The van der Waals surface area contributed by atoms with Gasteiger partial charge in [-0.15, -0.1) is 0 Å². The smallest absolute Gasteiger partial charge is 0.165 e. The van der Waals surface area contributed by atoms with Gasteiger partial charge in [-0.2, -0.15) is 0 Å². The summed E-state index contributed by atoms with van der Waals surface area (Å²) in [7, 11) is 0. The van der Waals surface area contributed by atoms with Gasteiger partial charge in [-0.25, -0.2) is 8.78 Å². The summed E-state index contributed by atoms with van der Waals surface area (Å²) in [6.07, 6.45) is 29.7. The number of rotatable bonds is 15. The first-order valence-electron chi connectivity index (χ1n) is 21.8. The SMILES string of the molecule is CCCCC12CC3(CCCC)CC(c4ccc(O)c(F)c4)(C1)CC(C14CC5(CCCC)CC(CCCC)(CC(c6ccc(O)c(F)c6)(C5)C1)C4)(C2)C3. The Morgan fingerprint density at radius 3 is 1.02 bits per heavy atom. The van der Waals surface area contributed by atoms with Crippen LogP contribution in [0, 0.1) is 44.1 Å². The van der Waals surface area contributed by atoms with Crippen molar-refractivity contribution in [1.29, 1.82) is 0 Å². The lowest BCUT2D eigenvalue weighted by atomic mass is 9.23. The molecule has 8 bridgehead atoms. The number of aromatic hydroxyl groups is 2. The molecule has 10 rings (SSSR count). The van der Waals surface area contributed by atoms with Crippen LogP contribution in [-0.4, -0.2) is 10.2 Å². The Balaban J connectivity index is 1.36. The summed E-state index contributed by atoms with van der Waals surface area (Å²) in [5.74, 6) is -1.39. The molecule has 286 valence electrons. The summed E-state index contributed by atoms with van der Waals surface area (Å²) in [4.78, 5) is 0. The van der Waals surface area contributed by atoms with E-state index in [0.29, 0.717) is 0 Å². The van der Waals surface area contributed by atoms with Gasteiger partial charge < -0.3 is 10.2 Å². The van der Waals surface area contributed by atoms with Crippen LogP contribution in [0.3, 0.4) is 0 Å². The molecule has 4 heteroatoms. The molecule has 0 amide bonds. The third-order valence-electron chi connectivity index (χ3n) is 17.0. The van der Waals surface area contributed by atoms with Crippen molar-refractivity contribution in [2.24, 2.45) is 32.5 Å². The zero-order valence-corrected chi connectivity index (χ0v) is 33.1. The number of phenolic OH excluding ortho intramolecular Hbond substituents is 2. The van der Waals surface area contributed by atoms with Crippen molar-refractivity contribution in [3.63, 3.8) is 0 Å². The number of halogens is 2.